The first-order valence-corrected chi connectivity index (χ1v) is 8.74. The van der Waals surface area contributed by atoms with Gasteiger partial charge >= 0.3 is 0 Å². The molecule has 6 heteroatoms. The summed E-state index contributed by atoms with van der Waals surface area (Å²) in [6.07, 6.45) is 2.26. The fraction of sp³-hybridized carbons (Fsp3) is 0.625. The Morgan fingerprint density at radius 3 is 3.00 bits per heavy atom. The molecule has 0 saturated heterocycles. The minimum absolute atomic E-state index is 0.0491. The molecule has 22 heavy (non-hydrogen) atoms. The highest BCUT2D eigenvalue weighted by Crippen LogP contribution is 2.24. The maximum Gasteiger partial charge on any atom is 0.220 e. The van der Waals surface area contributed by atoms with Crippen molar-refractivity contribution in [2.24, 2.45) is 0 Å². The number of carbonyl (C=O) groups is 2. The van der Waals surface area contributed by atoms with Crippen molar-refractivity contribution in [3.8, 4) is 0 Å². The third-order valence-electron chi connectivity index (χ3n) is 4.01. The Labute approximate surface area is 136 Å². The summed E-state index contributed by atoms with van der Waals surface area (Å²) in [5, 5.41) is 7.86. The number of carbonyl (C=O) groups excluding carboxylic acids is 2. The first-order chi connectivity index (χ1) is 10.6. The van der Waals surface area contributed by atoms with Gasteiger partial charge in [-0.1, -0.05) is 0 Å². The lowest BCUT2D eigenvalue weighted by Gasteiger charge is -2.32. The summed E-state index contributed by atoms with van der Waals surface area (Å²) in [5.41, 5.74) is 1.43. The lowest BCUT2D eigenvalue weighted by Crippen LogP contribution is -2.44. The summed E-state index contributed by atoms with van der Waals surface area (Å²) in [6.45, 7) is 6.93. The third-order valence-corrected chi connectivity index (χ3v) is 5.03. The van der Waals surface area contributed by atoms with Crippen LogP contribution >= 0.6 is 11.3 Å². The van der Waals surface area contributed by atoms with Crippen molar-refractivity contribution in [1.82, 2.24) is 15.5 Å². The monoisotopic (exact) mass is 323 g/mol. The molecular weight excluding hydrogens is 298 g/mol. The summed E-state index contributed by atoms with van der Waals surface area (Å²) in [6, 6.07) is 2.55. The first kappa shape index (κ1) is 17.0. The van der Waals surface area contributed by atoms with Crippen LogP contribution in [0.1, 0.15) is 37.1 Å². The normalized spacial score (nSPS) is 15.9. The molecule has 0 aliphatic carbocycles. The van der Waals surface area contributed by atoms with E-state index in [2.05, 4.69) is 33.9 Å². The maximum atomic E-state index is 11.8. The molecule has 2 N–H and O–H groups in total. The Morgan fingerprint density at radius 1 is 1.41 bits per heavy atom. The lowest BCUT2D eigenvalue weighted by atomic mass is 10.1. The Morgan fingerprint density at radius 2 is 2.23 bits per heavy atom. The van der Waals surface area contributed by atoms with Crippen LogP contribution in [0.4, 0.5) is 0 Å². The molecule has 0 radical (unpaired) electrons. The Hall–Kier alpha value is -1.40. The highest BCUT2D eigenvalue weighted by atomic mass is 32.1. The number of nitrogens with one attached hydrogen (secondary N) is 2. The molecule has 5 nitrogen and oxygen atoms in total. The van der Waals surface area contributed by atoms with Gasteiger partial charge in [-0.05, 0) is 36.8 Å². The van der Waals surface area contributed by atoms with Crippen LogP contribution in [-0.2, 0) is 22.6 Å². The van der Waals surface area contributed by atoms with Gasteiger partial charge in [0.25, 0.3) is 0 Å². The predicted molar refractivity (Wildman–Crippen MR) is 88.8 cm³/mol. The minimum atomic E-state index is -0.0491. The zero-order valence-corrected chi connectivity index (χ0v) is 14.2. The van der Waals surface area contributed by atoms with E-state index in [1.54, 1.807) is 0 Å². The maximum absolute atomic E-state index is 11.8. The van der Waals surface area contributed by atoms with Gasteiger partial charge in [0.1, 0.15) is 0 Å². The fourth-order valence-electron chi connectivity index (χ4n) is 2.64. The topological polar surface area (TPSA) is 61.4 Å². The van der Waals surface area contributed by atoms with Crippen LogP contribution in [0.25, 0.3) is 0 Å². The van der Waals surface area contributed by atoms with Crippen LogP contribution < -0.4 is 10.6 Å². The molecule has 1 aromatic heterocycles. The van der Waals surface area contributed by atoms with E-state index in [4.69, 9.17) is 0 Å². The third kappa shape index (κ3) is 5.10. The van der Waals surface area contributed by atoms with Crippen molar-refractivity contribution in [3.63, 3.8) is 0 Å². The summed E-state index contributed by atoms with van der Waals surface area (Å²) in [4.78, 5) is 26.4. The highest BCUT2D eigenvalue weighted by molar-refractivity contribution is 7.10. The number of rotatable bonds is 7. The van der Waals surface area contributed by atoms with Gasteiger partial charge in [-0.3, -0.25) is 14.5 Å². The standard InChI is InChI=1S/C16H25N3O2S/c1-12(10-18-16(21)4-3-7-17-13(2)20)19-8-5-15-14(11-19)6-9-22-15/h6,9,12H,3-5,7-8,10-11H2,1-2H3,(H,17,20)(H,18,21). The van der Waals surface area contributed by atoms with Crippen molar-refractivity contribution >= 4 is 23.2 Å². The van der Waals surface area contributed by atoms with E-state index < -0.39 is 0 Å². The highest BCUT2D eigenvalue weighted by Gasteiger charge is 2.21. The SMILES string of the molecule is CC(=O)NCCCC(=O)NCC(C)N1CCc2sccc2C1. The van der Waals surface area contributed by atoms with Crippen LogP contribution in [0.3, 0.4) is 0 Å². The van der Waals surface area contributed by atoms with Crippen LogP contribution in [0, 0.1) is 0 Å². The zero-order valence-electron chi connectivity index (χ0n) is 13.4. The van der Waals surface area contributed by atoms with Gasteiger partial charge < -0.3 is 10.6 Å². The summed E-state index contributed by atoms with van der Waals surface area (Å²) in [7, 11) is 0. The van der Waals surface area contributed by atoms with Gasteiger partial charge in [0.15, 0.2) is 0 Å². The molecule has 0 spiro atoms. The lowest BCUT2D eigenvalue weighted by molar-refractivity contribution is -0.122. The summed E-state index contributed by atoms with van der Waals surface area (Å²) >= 11 is 1.84. The number of thiophene rings is 1. The number of hydrogen-bond acceptors (Lipinski definition) is 4. The molecule has 0 saturated carbocycles. The molecule has 122 valence electrons. The van der Waals surface area contributed by atoms with Crippen molar-refractivity contribution in [2.45, 2.75) is 45.7 Å². The quantitative estimate of drug-likeness (QED) is 0.748. The Bertz CT molecular complexity index is 515. The van der Waals surface area contributed by atoms with E-state index in [-0.39, 0.29) is 11.8 Å². The van der Waals surface area contributed by atoms with Crippen LogP contribution in [0.15, 0.2) is 11.4 Å². The molecular formula is C16H25N3O2S. The van der Waals surface area contributed by atoms with Crippen LogP contribution in [0.5, 0.6) is 0 Å². The molecule has 2 rings (SSSR count). The van der Waals surface area contributed by atoms with Gasteiger partial charge in [0, 0.05) is 50.4 Å². The molecule has 1 aromatic rings. The minimum Gasteiger partial charge on any atom is -0.356 e. The largest absolute Gasteiger partial charge is 0.356 e. The van der Waals surface area contributed by atoms with Crippen molar-refractivity contribution in [1.29, 1.82) is 0 Å². The fourth-order valence-corrected chi connectivity index (χ4v) is 3.53. The van der Waals surface area contributed by atoms with Gasteiger partial charge in [-0.2, -0.15) is 0 Å². The molecule has 1 atom stereocenters. The summed E-state index contributed by atoms with van der Waals surface area (Å²) in [5.74, 6) is 0.0114. The Balaban J connectivity index is 1.64. The van der Waals surface area contributed by atoms with Gasteiger partial charge in [-0.15, -0.1) is 11.3 Å². The molecule has 0 fully saturated rings. The van der Waals surface area contributed by atoms with E-state index in [0.29, 0.717) is 32.0 Å². The zero-order chi connectivity index (χ0) is 15.9. The molecule has 1 aliphatic heterocycles. The van der Waals surface area contributed by atoms with Crippen LogP contribution in [0.2, 0.25) is 0 Å². The van der Waals surface area contributed by atoms with E-state index >= 15 is 0 Å². The molecule has 1 aliphatic rings. The average molecular weight is 323 g/mol. The van der Waals surface area contributed by atoms with Crippen LogP contribution in [-0.4, -0.2) is 42.4 Å². The second kappa shape index (κ2) is 8.29. The number of hydrogen-bond donors (Lipinski definition) is 2. The predicted octanol–water partition coefficient (Wildman–Crippen LogP) is 1.53. The number of fused-ring (bicyclic) bond motifs is 1. The molecule has 0 bridgehead atoms. The van der Waals surface area contributed by atoms with E-state index in [0.717, 1.165) is 19.5 Å². The smallest absolute Gasteiger partial charge is 0.220 e. The van der Waals surface area contributed by atoms with Crippen molar-refractivity contribution < 1.29 is 9.59 Å². The van der Waals surface area contributed by atoms with Gasteiger partial charge in [-0.25, -0.2) is 0 Å². The molecule has 0 aromatic carbocycles. The average Bonchev–Trinajstić information content (AvgIpc) is 2.96. The molecule has 1 unspecified atom stereocenters. The van der Waals surface area contributed by atoms with E-state index in [1.807, 2.05) is 11.3 Å². The van der Waals surface area contributed by atoms with Gasteiger partial charge in [0.2, 0.25) is 11.8 Å². The second-order valence-corrected chi connectivity index (χ2v) is 6.83. The first-order valence-electron chi connectivity index (χ1n) is 7.86. The second-order valence-electron chi connectivity index (χ2n) is 5.83. The number of amides is 2. The Kier molecular flexibility index (Phi) is 6.39. The van der Waals surface area contributed by atoms with E-state index in [9.17, 15) is 9.59 Å². The van der Waals surface area contributed by atoms with Crippen molar-refractivity contribution in [3.05, 3.63) is 21.9 Å². The van der Waals surface area contributed by atoms with E-state index in [1.165, 1.54) is 17.4 Å². The molecule has 2 amide bonds. The number of nitrogens with zero attached hydrogens (tertiary/aromatic N) is 1. The van der Waals surface area contributed by atoms with Crippen molar-refractivity contribution in [2.75, 3.05) is 19.6 Å². The molecule has 2 heterocycles. The summed E-state index contributed by atoms with van der Waals surface area (Å²) < 4.78 is 0. The van der Waals surface area contributed by atoms with Gasteiger partial charge in [0.05, 0.1) is 0 Å².